The fraction of sp³-hybridized carbons (Fsp3) is 0.300. The van der Waals surface area contributed by atoms with E-state index < -0.39 is 10.0 Å². The number of hydrogen-bond acceptors (Lipinski definition) is 4. The van der Waals surface area contributed by atoms with E-state index in [1.165, 1.54) is 0 Å². The molecule has 0 aliphatic carbocycles. The number of amides is 1. The summed E-state index contributed by atoms with van der Waals surface area (Å²) in [4.78, 5) is 11.4. The van der Waals surface area contributed by atoms with Gasteiger partial charge in [-0.25, -0.2) is 8.42 Å². The van der Waals surface area contributed by atoms with Gasteiger partial charge < -0.3 is 10.6 Å². The van der Waals surface area contributed by atoms with Crippen molar-refractivity contribution in [2.75, 3.05) is 29.9 Å². The van der Waals surface area contributed by atoms with E-state index in [-0.39, 0.29) is 12.5 Å². The van der Waals surface area contributed by atoms with Crippen LogP contribution in [0, 0.1) is 0 Å². The molecule has 17 heavy (non-hydrogen) atoms. The number of para-hydroxylation sites is 2. The van der Waals surface area contributed by atoms with Crippen molar-refractivity contribution in [3.8, 4) is 0 Å². The minimum atomic E-state index is -3.36. The Morgan fingerprint density at radius 1 is 1.24 bits per heavy atom. The summed E-state index contributed by atoms with van der Waals surface area (Å²) in [5.74, 6) is -0.241. The van der Waals surface area contributed by atoms with Crippen molar-refractivity contribution in [1.29, 1.82) is 0 Å². The summed E-state index contributed by atoms with van der Waals surface area (Å²) in [6, 6.07) is 6.60. The van der Waals surface area contributed by atoms with Crippen LogP contribution in [0.1, 0.15) is 0 Å². The molecule has 0 radical (unpaired) electrons. The second kappa shape index (κ2) is 5.65. The smallest absolute Gasteiger partial charge is 0.238 e. The normalized spacial score (nSPS) is 10.9. The van der Waals surface area contributed by atoms with Gasteiger partial charge in [-0.3, -0.25) is 9.52 Å². The number of anilines is 2. The Morgan fingerprint density at radius 2 is 1.82 bits per heavy atom. The molecule has 0 unspecified atom stereocenters. The van der Waals surface area contributed by atoms with Crippen LogP contribution in [-0.2, 0) is 14.8 Å². The van der Waals surface area contributed by atoms with Crippen LogP contribution >= 0.6 is 0 Å². The third-order valence-electron chi connectivity index (χ3n) is 1.83. The van der Waals surface area contributed by atoms with Crippen LogP contribution < -0.4 is 15.4 Å². The highest BCUT2D eigenvalue weighted by molar-refractivity contribution is 7.92. The van der Waals surface area contributed by atoms with Crippen molar-refractivity contribution < 1.29 is 13.2 Å². The first-order valence-corrected chi connectivity index (χ1v) is 6.83. The predicted molar refractivity (Wildman–Crippen MR) is 67.5 cm³/mol. The van der Waals surface area contributed by atoms with E-state index >= 15 is 0 Å². The molecular formula is C10H15N3O3S. The standard InChI is InChI=1S/C10H15N3O3S/c1-11-7-10(14)12-8-5-3-4-6-9(8)13-17(2,15)16/h3-6,11,13H,7H2,1-2H3,(H,12,14). The average Bonchev–Trinajstić information content (AvgIpc) is 2.19. The van der Waals surface area contributed by atoms with E-state index in [0.717, 1.165) is 6.26 Å². The molecule has 1 aromatic carbocycles. The lowest BCUT2D eigenvalue weighted by Crippen LogP contribution is -2.25. The second-order valence-corrected chi connectivity index (χ2v) is 5.25. The maximum absolute atomic E-state index is 11.4. The van der Waals surface area contributed by atoms with Crippen LogP contribution in [0.3, 0.4) is 0 Å². The lowest BCUT2D eigenvalue weighted by Gasteiger charge is -2.11. The van der Waals surface area contributed by atoms with Gasteiger partial charge in [0.05, 0.1) is 24.2 Å². The first kappa shape index (κ1) is 13.5. The zero-order valence-electron chi connectivity index (χ0n) is 9.65. The van der Waals surface area contributed by atoms with Crippen molar-refractivity contribution in [2.24, 2.45) is 0 Å². The summed E-state index contributed by atoms with van der Waals surface area (Å²) in [7, 11) is -1.71. The monoisotopic (exact) mass is 257 g/mol. The molecular weight excluding hydrogens is 242 g/mol. The van der Waals surface area contributed by atoms with Crippen LogP contribution in [0.4, 0.5) is 11.4 Å². The first-order valence-electron chi connectivity index (χ1n) is 4.93. The number of hydrogen-bond donors (Lipinski definition) is 3. The molecule has 0 aliphatic rings. The molecule has 0 aliphatic heterocycles. The molecule has 1 aromatic rings. The lowest BCUT2D eigenvalue weighted by atomic mass is 10.2. The topological polar surface area (TPSA) is 87.3 Å². The molecule has 94 valence electrons. The summed E-state index contributed by atoms with van der Waals surface area (Å²) in [6.45, 7) is 0.160. The van der Waals surface area contributed by atoms with E-state index in [4.69, 9.17) is 0 Å². The van der Waals surface area contributed by atoms with Crippen LogP contribution in [-0.4, -0.2) is 34.2 Å². The van der Waals surface area contributed by atoms with Crippen LogP contribution in [0.25, 0.3) is 0 Å². The third kappa shape index (κ3) is 4.83. The molecule has 6 nitrogen and oxygen atoms in total. The van der Waals surface area contributed by atoms with E-state index in [1.807, 2.05) is 0 Å². The van der Waals surface area contributed by atoms with Crippen molar-refractivity contribution >= 4 is 27.3 Å². The zero-order chi connectivity index (χ0) is 12.9. The predicted octanol–water partition coefficient (Wildman–Crippen LogP) is 0.216. The SMILES string of the molecule is CNCC(=O)Nc1ccccc1NS(C)(=O)=O. The molecule has 1 amide bonds. The summed E-state index contributed by atoms with van der Waals surface area (Å²) in [6.07, 6.45) is 1.05. The second-order valence-electron chi connectivity index (χ2n) is 3.50. The van der Waals surface area contributed by atoms with Gasteiger partial charge >= 0.3 is 0 Å². The highest BCUT2D eigenvalue weighted by Crippen LogP contribution is 2.21. The van der Waals surface area contributed by atoms with Crippen LogP contribution in [0.2, 0.25) is 0 Å². The molecule has 0 saturated carbocycles. The Hall–Kier alpha value is -1.60. The fourth-order valence-electron chi connectivity index (χ4n) is 1.24. The number of carbonyl (C=O) groups is 1. The molecule has 1 rings (SSSR count). The molecule has 0 heterocycles. The number of likely N-dealkylation sites (N-methyl/N-ethyl adjacent to an activating group) is 1. The van der Waals surface area contributed by atoms with Gasteiger partial charge in [0.15, 0.2) is 0 Å². The number of nitrogens with one attached hydrogen (secondary N) is 3. The largest absolute Gasteiger partial charge is 0.323 e. The van der Waals surface area contributed by atoms with Crippen molar-refractivity contribution in [2.45, 2.75) is 0 Å². The van der Waals surface area contributed by atoms with Gasteiger partial charge in [0.1, 0.15) is 0 Å². The Bertz CT molecular complexity index is 499. The van der Waals surface area contributed by atoms with Crippen LogP contribution in [0.5, 0.6) is 0 Å². The van der Waals surface area contributed by atoms with Gasteiger partial charge in [-0.15, -0.1) is 0 Å². The van der Waals surface area contributed by atoms with Crippen LogP contribution in [0.15, 0.2) is 24.3 Å². The molecule has 0 saturated heterocycles. The van der Waals surface area contributed by atoms with Gasteiger partial charge in [-0.2, -0.15) is 0 Å². The third-order valence-corrected chi connectivity index (χ3v) is 2.42. The van der Waals surface area contributed by atoms with Crippen molar-refractivity contribution in [3.63, 3.8) is 0 Å². The number of carbonyl (C=O) groups excluding carboxylic acids is 1. The number of sulfonamides is 1. The van der Waals surface area contributed by atoms with Gasteiger partial charge in [-0.1, -0.05) is 12.1 Å². The molecule has 0 aromatic heterocycles. The molecule has 0 atom stereocenters. The summed E-state index contributed by atoms with van der Waals surface area (Å²) < 4.78 is 24.6. The highest BCUT2D eigenvalue weighted by Gasteiger charge is 2.08. The maximum Gasteiger partial charge on any atom is 0.238 e. The highest BCUT2D eigenvalue weighted by atomic mass is 32.2. The molecule has 3 N–H and O–H groups in total. The van der Waals surface area contributed by atoms with E-state index in [0.29, 0.717) is 11.4 Å². The van der Waals surface area contributed by atoms with E-state index in [2.05, 4.69) is 15.4 Å². The van der Waals surface area contributed by atoms with Gasteiger partial charge in [0.25, 0.3) is 0 Å². The zero-order valence-corrected chi connectivity index (χ0v) is 10.5. The lowest BCUT2D eigenvalue weighted by molar-refractivity contribution is -0.115. The summed E-state index contributed by atoms with van der Waals surface area (Å²) >= 11 is 0. The summed E-state index contributed by atoms with van der Waals surface area (Å²) in [5, 5.41) is 5.31. The Morgan fingerprint density at radius 3 is 2.35 bits per heavy atom. The van der Waals surface area contributed by atoms with E-state index in [9.17, 15) is 13.2 Å². The van der Waals surface area contributed by atoms with Crippen molar-refractivity contribution in [3.05, 3.63) is 24.3 Å². The first-order chi connectivity index (χ1) is 7.92. The molecule has 0 fully saturated rings. The summed E-state index contributed by atoms with van der Waals surface area (Å²) in [5.41, 5.74) is 0.776. The number of rotatable bonds is 5. The van der Waals surface area contributed by atoms with Gasteiger partial charge in [-0.05, 0) is 19.2 Å². The molecule has 7 heteroatoms. The van der Waals surface area contributed by atoms with Gasteiger partial charge in [0, 0.05) is 0 Å². The Kier molecular flexibility index (Phi) is 4.47. The fourth-order valence-corrected chi connectivity index (χ4v) is 1.81. The average molecular weight is 257 g/mol. The Labute approximate surface area is 100 Å². The number of benzene rings is 1. The molecule has 0 spiro atoms. The minimum Gasteiger partial charge on any atom is -0.323 e. The van der Waals surface area contributed by atoms with Crippen molar-refractivity contribution in [1.82, 2.24) is 5.32 Å². The van der Waals surface area contributed by atoms with Gasteiger partial charge in [0.2, 0.25) is 15.9 Å². The Balaban J connectivity index is 2.88. The minimum absolute atomic E-state index is 0.160. The molecule has 0 bridgehead atoms. The van der Waals surface area contributed by atoms with E-state index in [1.54, 1.807) is 31.3 Å². The maximum atomic E-state index is 11.4. The quantitative estimate of drug-likeness (QED) is 0.704.